The smallest absolute Gasteiger partial charge is 0.0852 e. The van der Waals surface area contributed by atoms with Crippen molar-refractivity contribution in [1.29, 1.82) is 0 Å². The lowest BCUT2D eigenvalue weighted by Gasteiger charge is -2.17. The van der Waals surface area contributed by atoms with Crippen molar-refractivity contribution in [2.45, 2.75) is 74.1 Å². The first-order valence-corrected chi connectivity index (χ1v) is 11.9. The predicted molar refractivity (Wildman–Crippen MR) is 143 cm³/mol. The first kappa shape index (κ1) is 24.6. The SMILES string of the molecule is CC(=Nc1c(C)cccc1C)c1cc(C)cc(C(C)=Nc2c(C(C)C)cccc2C(C)C)n1. The minimum absolute atomic E-state index is 0.406. The fourth-order valence-corrected chi connectivity index (χ4v) is 4.11. The molecule has 0 fully saturated rings. The van der Waals surface area contributed by atoms with Gasteiger partial charge in [0.2, 0.25) is 0 Å². The zero-order valence-electron chi connectivity index (χ0n) is 21.6. The number of aromatic nitrogens is 1. The maximum Gasteiger partial charge on any atom is 0.0852 e. The molecule has 0 spiro atoms. The van der Waals surface area contributed by atoms with Crippen molar-refractivity contribution >= 4 is 22.8 Å². The molecule has 0 aliphatic heterocycles. The number of aryl methyl sites for hydroxylation is 3. The number of rotatable bonds is 6. The molecule has 33 heavy (non-hydrogen) atoms. The summed E-state index contributed by atoms with van der Waals surface area (Å²) in [5.74, 6) is 0.811. The number of hydrogen-bond acceptors (Lipinski definition) is 3. The molecule has 0 aliphatic rings. The van der Waals surface area contributed by atoms with Crippen molar-refractivity contribution < 1.29 is 0 Å². The second kappa shape index (κ2) is 10.2. The van der Waals surface area contributed by atoms with Crippen molar-refractivity contribution in [3.8, 4) is 0 Å². The third-order valence-electron chi connectivity index (χ3n) is 6.05. The summed E-state index contributed by atoms with van der Waals surface area (Å²) in [6.45, 7) is 19.3. The van der Waals surface area contributed by atoms with Gasteiger partial charge in [0.15, 0.2) is 0 Å². The van der Waals surface area contributed by atoms with Gasteiger partial charge >= 0.3 is 0 Å². The van der Waals surface area contributed by atoms with E-state index in [1.165, 1.54) is 22.3 Å². The fourth-order valence-electron chi connectivity index (χ4n) is 4.11. The van der Waals surface area contributed by atoms with Crippen molar-refractivity contribution in [3.63, 3.8) is 0 Å². The molecule has 0 N–H and O–H groups in total. The normalized spacial score (nSPS) is 12.7. The number of nitrogens with zero attached hydrogens (tertiary/aromatic N) is 3. The van der Waals surface area contributed by atoms with Gasteiger partial charge in [-0.15, -0.1) is 0 Å². The maximum absolute atomic E-state index is 5.14. The lowest BCUT2D eigenvalue weighted by atomic mass is 9.93. The first-order valence-electron chi connectivity index (χ1n) is 11.9. The number of pyridine rings is 1. The van der Waals surface area contributed by atoms with E-state index in [2.05, 4.69) is 104 Å². The van der Waals surface area contributed by atoms with E-state index < -0.39 is 0 Å². The Kier molecular flexibility index (Phi) is 7.63. The van der Waals surface area contributed by atoms with E-state index in [9.17, 15) is 0 Å². The molecule has 0 saturated carbocycles. The van der Waals surface area contributed by atoms with Gasteiger partial charge in [0.1, 0.15) is 0 Å². The van der Waals surface area contributed by atoms with Gasteiger partial charge in [-0.3, -0.25) is 9.98 Å². The van der Waals surface area contributed by atoms with Gasteiger partial charge in [-0.25, -0.2) is 4.98 Å². The van der Waals surface area contributed by atoms with Crippen LogP contribution in [0, 0.1) is 20.8 Å². The molecule has 0 aliphatic carbocycles. The van der Waals surface area contributed by atoms with Gasteiger partial charge in [0, 0.05) is 0 Å². The van der Waals surface area contributed by atoms with Gasteiger partial charge < -0.3 is 0 Å². The van der Waals surface area contributed by atoms with Crippen LogP contribution in [-0.4, -0.2) is 16.4 Å². The summed E-state index contributed by atoms with van der Waals surface area (Å²) in [4.78, 5) is 15.1. The highest BCUT2D eigenvalue weighted by molar-refractivity contribution is 6.03. The van der Waals surface area contributed by atoms with E-state index in [0.717, 1.165) is 39.7 Å². The average molecular weight is 440 g/mol. The summed E-state index contributed by atoms with van der Waals surface area (Å²) in [7, 11) is 0. The quantitative estimate of drug-likeness (QED) is 0.355. The highest BCUT2D eigenvalue weighted by Crippen LogP contribution is 2.35. The Bertz CT molecular complexity index is 1170. The molecular formula is C30H37N3. The Morgan fingerprint density at radius 1 is 0.667 bits per heavy atom. The average Bonchev–Trinajstić information content (AvgIpc) is 2.75. The zero-order valence-corrected chi connectivity index (χ0v) is 21.6. The Labute approximate surface area is 199 Å². The summed E-state index contributed by atoms with van der Waals surface area (Å²) < 4.78 is 0. The minimum atomic E-state index is 0.406. The molecule has 172 valence electrons. The monoisotopic (exact) mass is 439 g/mol. The van der Waals surface area contributed by atoms with Crippen molar-refractivity contribution in [2.24, 2.45) is 9.98 Å². The van der Waals surface area contributed by atoms with Crippen LogP contribution in [0.25, 0.3) is 0 Å². The van der Waals surface area contributed by atoms with E-state index in [1.54, 1.807) is 0 Å². The van der Waals surface area contributed by atoms with E-state index in [-0.39, 0.29) is 0 Å². The topological polar surface area (TPSA) is 37.6 Å². The highest BCUT2D eigenvalue weighted by atomic mass is 14.8. The predicted octanol–water partition coefficient (Wildman–Crippen LogP) is 8.54. The van der Waals surface area contributed by atoms with Crippen molar-refractivity contribution in [1.82, 2.24) is 4.98 Å². The molecule has 0 bridgehead atoms. The second-order valence-electron chi connectivity index (χ2n) is 9.64. The molecule has 3 rings (SSSR count). The summed E-state index contributed by atoms with van der Waals surface area (Å²) in [6.07, 6.45) is 0. The molecule has 1 aromatic heterocycles. The molecule has 0 unspecified atom stereocenters. The van der Waals surface area contributed by atoms with E-state index >= 15 is 0 Å². The van der Waals surface area contributed by atoms with Crippen LogP contribution in [0.2, 0.25) is 0 Å². The van der Waals surface area contributed by atoms with E-state index in [1.807, 2.05) is 6.92 Å². The standard InChI is InChI=1S/C30H37N3/c1-18(2)25-14-11-15-26(19(3)4)30(25)32-24(9)28-17-20(5)16-27(33-28)23(8)31-29-21(6)12-10-13-22(29)7/h10-19H,1-9H3. The van der Waals surface area contributed by atoms with Crippen LogP contribution in [0.4, 0.5) is 11.4 Å². The molecule has 3 aromatic rings. The summed E-state index contributed by atoms with van der Waals surface area (Å²) >= 11 is 0. The minimum Gasteiger partial charge on any atom is -0.251 e. The largest absolute Gasteiger partial charge is 0.251 e. The molecule has 1 heterocycles. The van der Waals surface area contributed by atoms with Gasteiger partial charge in [-0.05, 0) is 86.4 Å². The van der Waals surface area contributed by atoms with Gasteiger partial charge in [-0.2, -0.15) is 0 Å². The van der Waals surface area contributed by atoms with Gasteiger partial charge in [-0.1, -0.05) is 64.1 Å². The zero-order chi connectivity index (χ0) is 24.3. The molecular weight excluding hydrogens is 402 g/mol. The van der Waals surface area contributed by atoms with Crippen LogP contribution >= 0.6 is 0 Å². The number of hydrogen-bond donors (Lipinski definition) is 0. The van der Waals surface area contributed by atoms with Crippen LogP contribution in [0.5, 0.6) is 0 Å². The molecule has 0 radical (unpaired) electrons. The Morgan fingerprint density at radius 3 is 1.55 bits per heavy atom. The lowest BCUT2D eigenvalue weighted by molar-refractivity contribution is 0.834. The van der Waals surface area contributed by atoms with Crippen molar-refractivity contribution in [3.05, 3.63) is 87.7 Å². The lowest BCUT2D eigenvalue weighted by Crippen LogP contribution is -2.07. The third kappa shape index (κ3) is 5.65. The maximum atomic E-state index is 5.14. The van der Waals surface area contributed by atoms with Crippen LogP contribution in [-0.2, 0) is 0 Å². The molecule has 2 aromatic carbocycles. The Hall–Kier alpha value is -3.07. The van der Waals surface area contributed by atoms with Crippen LogP contribution < -0.4 is 0 Å². The number of aliphatic imine (C=N–C) groups is 2. The van der Waals surface area contributed by atoms with Gasteiger partial charge in [0.25, 0.3) is 0 Å². The molecule has 3 heteroatoms. The number of para-hydroxylation sites is 2. The molecule has 0 amide bonds. The van der Waals surface area contributed by atoms with Crippen LogP contribution in [0.1, 0.15) is 92.6 Å². The first-order chi connectivity index (χ1) is 15.6. The van der Waals surface area contributed by atoms with Crippen LogP contribution in [0.3, 0.4) is 0 Å². The summed E-state index contributed by atoms with van der Waals surface area (Å²) in [6, 6.07) is 17.0. The fraction of sp³-hybridized carbons (Fsp3) is 0.367. The molecule has 3 nitrogen and oxygen atoms in total. The van der Waals surface area contributed by atoms with Gasteiger partial charge in [0.05, 0.1) is 34.2 Å². The van der Waals surface area contributed by atoms with Crippen LogP contribution in [0.15, 0.2) is 58.5 Å². The highest BCUT2D eigenvalue weighted by Gasteiger charge is 2.15. The Morgan fingerprint density at radius 2 is 1.09 bits per heavy atom. The third-order valence-corrected chi connectivity index (χ3v) is 6.05. The van der Waals surface area contributed by atoms with E-state index in [0.29, 0.717) is 11.8 Å². The summed E-state index contributed by atoms with van der Waals surface area (Å²) in [5, 5.41) is 0. The Balaban J connectivity index is 2.10. The molecule has 0 atom stereocenters. The summed E-state index contributed by atoms with van der Waals surface area (Å²) in [5.41, 5.74) is 11.8. The van der Waals surface area contributed by atoms with E-state index in [4.69, 9.17) is 15.0 Å². The number of benzene rings is 2. The second-order valence-corrected chi connectivity index (χ2v) is 9.64. The molecule has 0 saturated heterocycles. The van der Waals surface area contributed by atoms with Crippen molar-refractivity contribution in [2.75, 3.05) is 0 Å².